The molecular weight excluding hydrogens is 438 g/mol. The summed E-state index contributed by atoms with van der Waals surface area (Å²) in [6.07, 6.45) is -4.75. The van der Waals surface area contributed by atoms with Gasteiger partial charge in [-0.1, -0.05) is 23.2 Å². The predicted molar refractivity (Wildman–Crippen MR) is 103 cm³/mol. The second kappa shape index (κ2) is 8.26. The Morgan fingerprint density at radius 1 is 1.04 bits per heavy atom. The largest absolute Gasteiger partial charge is 0.573 e. The van der Waals surface area contributed by atoms with Crippen molar-refractivity contribution in [3.63, 3.8) is 0 Å². The van der Waals surface area contributed by atoms with Crippen LogP contribution < -0.4 is 15.4 Å². The van der Waals surface area contributed by atoms with Gasteiger partial charge < -0.3 is 15.4 Å². The van der Waals surface area contributed by atoms with E-state index in [0.29, 0.717) is 26.6 Å². The number of halogens is 5. The van der Waals surface area contributed by atoms with E-state index in [-0.39, 0.29) is 11.4 Å². The molecule has 3 aromatic rings. The quantitative estimate of drug-likeness (QED) is 0.478. The molecule has 0 aliphatic rings. The summed E-state index contributed by atoms with van der Waals surface area (Å²) in [5.41, 5.74) is 1.06. The number of nitrogens with zero attached hydrogens (tertiary/aromatic N) is 1. The molecule has 0 aliphatic heterocycles. The lowest BCUT2D eigenvalue weighted by Gasteiger charge is -2.09. The van der Waals surface area contributed by atoms with Crippen LogP contribution in [0.3, 0.4) is 0 Å². The molecule has 0 unspecified atom stereocenters. The first-order valence-electron chi connectivity index (χ1n) is 7.54. The number of rotatable bonds is 5. The molecular formula is C17H10Cl2F3N3O2S. The molecule has 0 aliphatic carbocycles. The monoisotopic (exact) mass is 447 g/mol. The number of nitrogens with one attached hydrogen (secondary N) is 2. The lowest BCUT2D eigenvalue weighted by Crippen LogP contribution is -2.16. The number of anilines is 3. The first-order valence-corrected chi connectivity index (χ1v) is 9.17. The average molecular weight is 448 g/mol. The molecule has 1 amide bonds. The number of carbonyl (C=O) groups excluding carboxylic acids is 1. The zero-order valence-corrected chi connectivity index (χ0v) is 16.0. The summed E-state index contributed by atoms with van der Waals surface area (Å²) >= 11 is 12.9. The van der Waals surface area contributed by atoms with E-state index in [1.54, 1.807) is 12.1 Å². The minimum absolute atomic E-state index is 0.153. The van der Waals surface area contributed by atoms with Crippen molar-refractivity contribution in [2.24, 2.45) is 0 Å². The highest BCUT2D eigenvalue weighted by Crippen LogP contribution is 2.27. The van der Waals surface area contributed by atoms with Gasteiger partial charge in [0.25, 0.3) is 5.91 Å². The number of hydrogen-bond acceptors (Lipinski definition) is 5. The number of aromatic nitrogens is 1. The molecule has 0 saturated carbocycles. The lowest BCUT2D eigenvalue weighted by atomic mass is 10.3. The van der Waals surface area contributed by atoms with Gasteiger partial charge in [-0.25, -0.2) is 4.98 Å². The maximum absolute atomic E-state index is 12.3. The van der Waals surface area contributed by atoms with Gasteiger partial charge in [0.15, 0.2) is 5.13 Å². The molecule has 2 aromatic carbocycles. The van der Waals surface area contributed by atoms with Crippen LogP contribution in [0.15, 0.2) is 47.8 Å². The van der Waals surface area contributed by atoms with Crippen LogP contribution in [0, 0.1) is 0 Å². The Morgan fingerprint density at radius 3 is 2.29 bits per heavy atom. The van der Waals surface area contributed by atoms with E-state index in [4.69, 9.17) is 23.2 Å². The number of hydrogen-bond donors (Lipinski definition) is 2. The van der Waals surface area contributed by atoms with Crippen LogP contribution in [0.1, 0.15) is 10.5 Å². The lowest BCUT2D eigenvalue weighted by molar-refractivity contribution is -0.274. The van der Waals surface area contributed by atoms with E-state index in [0.717, 1.165) is 11.3 Å². The molecule has 1 heterocycles. The number of benzene rings is 2. The molecule has 0 radical (unpaired) electrons. The van der Waals surface area contributed by atoms with E-state index < -0.39 is 12.3 Å². The third kappa shape index (κ3) is 5.75. The SMILES string of the molecule is O=C(Nc1cc(Cl)cc(Cl)c1)c1csc(Nc2ccc(OC(F)(F)F)cc2)n1. The van der Waals surface area contributed by atoms with Gasteiger partial charge in [0.05, 0.1) is 0 Å². The molecule has 1 aromatic heterocycles. The van der Waals surface area contributed by atoms with Crippen LogP contribution in [0.2, 0.25) is 10.0 Å². The van der Waals surface area contributed by atoms with Gasteiger partial charge in [-0.15, -0.1) is 24.5 Å². The summed E-state index contributed by atoms with van der Waals surface area (Å²) < 4.78 is 40.3. The summed E-state index contributed by atoms with van der Waals surface area (Å²) in [6.45, 7) is 0. The third-order valence-electron chi connectivity index (χ3n) is 3.20. The molecule has 2 N–H and O–H groups in total. The minimum Gasteiger partial charge on any atom is -0.406 e. The zero-order valence-electron chi connectivity index (χ0n) is 13.7. The minimum atomic E-state index is -4.75. The molecule has 146 valence electrons. The van der Waals surface area contributed by atoms with Gasteiger partial charge in [0.1, 0.15) is 11.4 Å². The summed E-state index contributed by atoms with van der Waals surface area (Å²) in [6, 6.07) is 9.75. The van der Waals surface area contributed by atoms with Crippen LogP contribution in [-0.2, 0) is 0 Å². The highest BCUT2D eigenvalue weighted by molar-refractivity contribution is 7.14. The molecule has 0 fully saturated rings. The van der Waals surface area contributed by atoms with Gasteiger partial charge in [-0.3, -0.25) is 4.79 Å². The zero-order chi connectivity index (χ0) is 20.3. The average Bonchev–Trinajstić information content (AvgIpc) is 3.03. The molecule has 0 saturated heterocycles. The number of alkyl halides is 3. The van der Waals surface area contributed by atoms with Crippen molar-refractivity contribution in [1.29, 1.82) is 0 Å². The second-order valence-electron chi connectivity index (χ2n) is 5.35. The van der Waals surface area contributed by atoms with E-state index in [1.165, 1.54) is 35.7 Å². The standard InChI is InChI=1S/C17H10Cl2F3N3O2S/c18-9-5-10(19)7-12(6-9)23-15(26)14-8-28-16(25-14)24-11-1-3-13(4-2-11)27-17(20,21)22/h1-8H,(H,23,26)(H,24,25). The van der Waals surface area contributed by atoms with Gasteiger partial charge in [0.2, 0.25) is 0 Å². The van der Waals surface area contributed by atoms with E-state index in [9.17, 15) is 18.0 Å². The fourth-order valence-corrected chi connectivity index (χ4v) is 3.36. The van der Waals surface area contributed by atoms with Crippen LogP contribution in [-0.4, -0.2) is 17.3 Å². The molecule has 0 atom stereocenters. The van der Waals surface area contributed by atoms with Crippen molar-refractivity contribution in [3.8, 4) is 5.75 Å². The number of amides is 1. The molecule has 0 spiro atoms. The van der Waals surface area contributed by atoms with Crippen molar-refractivity contribution in [2.45, 2.75) is 6.36 Å². The number of ether oxygens (including phenoxy) is 1. The van der Waals surface area contributed by atoms with E-state index in [2.05, 4.69) is 20.4 Å². The van der Waals surface area contributed by atoms with Crippen LogP contribution in [0.25, 0.3) is 0 Å². The fourth-order valence-electron chi connectivity index (χ4n) is 2.12. The molecule has 5 nitrogen and oxygen atoms in total. The molecule has 28 heavy (non-hydrogen) atoms. The van der Waals surface area contributed by atoms with Crippen molar-refractivity contribution in [3.05, 3.63) is 63.6 Å². The maximum atomic E-state index is 12.3. The van der Waals surface area contributed by atoms with Crippen LogP contribution in [0.5, 0.6) is 5.75 Å². The predicted octanol–water partition coefficient (Wildman–Crippen LogP) is 6.34. The van der Waals surface area contributed by atoms with Gasteiger partial charge in [0, 0.05) is 26.8 Å². The van der Waals surface area contributed by atoms with Crippen LogP contribution >= 0.6 is 34.5 Å². The summed E-state index contributed by atoms with van der Waals surface area (Å²) in [4.78, 5) is 16.4. The second-order valence-corrected chi connectivity index (χ2v) is 7.08. The summed E-state index contributed by atoms with van der Waals surface area (Å²) in [5.74, 6) is -0.797. The number of carbonyl (C=O) groups is 1. The summed E-state index contributed by atoms with van der Waals surface area (Å²) in [5, 5.41) is 8.20. The van der Waals surface area contributed by atoms with Crippen molar-refractivity contribution >= 4 is 57.0 Å². The Morgan fingerprint density at radius 2 is 1.68 bits per heavy atom. The van der Waals surface area contributed by atoms with Gasteiger partial charge >= 0.3 is 6.36 Å². The first kappa shape index (κ1) is 20.2. The van der Waals surface area contributed by atoms with Crippen molar-refractivity contribution in [2.75, 3.05) is 10.6 Å². The molecule has 11 heteroatoms. The van der Waals surface area contributed by atoms with Crippen LogP contribution in [0.4, 0.5) is 29.7 Å². The van der Waals surface area contributed by atoms with Gasteiger partial charge in [-0.2, -0.15) is 0 Å². The Labute approximate surface area is 171 Å². The van der Waals surface area contributed by atoms with E-state index in [1.807, 2.05) is 0 Å². The topological polar surface area (TPSA) is 63.2 Å². The summed E-state index contributed by atoms with van der Waals surface area (Å²) in [7, 11) is 0. The third-order valence-corrected chi connectivity index (χ3v) is 4.39. The Bertz CT molecular complexity index is 974. The molecule has 3 rings (SSSR count). The van der Waals surface area contributed by atoms with E-state index >= 15 is 0 Å². The number of thiazole rings is 1. The first-order chi connectivity index (χ1) is 13.2. The Balaban J connectivity index is 1.64. The normalized spacial score (nSPS) is 11.2. The highest BCUT2D eigenvalue weighted by atomic mass is 35.5. The van der Waals surface area contributed by atoms with Crippen molar-refractivity contribution < 1.29 is 22.7 Å². The Kier molecular flexibility index (Phi) is 5.97. The Hall–Kier alpha value is -2.49. The maximum Gasteiger partial charge on any atom is 0.573 e. The van der Waals surface area contributed by atoms with Gasteiger partial charge in [-0.05, 0) is 42.5 Å². The fraction of sp³-hybridized carbons (Fsp3) is 0.0588. The van der Waals surface area contributed by atoms with Crippen molar-refractivity contribution in [1.82, 2.24) is 4.98 Å². The smallest absolute Gasteiger partial charge is 0.406 e. The highest BCUT2D eigenvalue weighted by Gasteiger charge is 2.30. The molecule has 0 bridgehead atoms.